The molecular formula is C14H22F3NO3. The van der Waals surface area contributed by atoms with Crippen LogP contribution in [0.15, 0.2) is 0 Å². The summed E-state index contributed by atoms with van der Waals surface area (Å²) >= 11 is 0. The molecule has 1 saturated carbocycles. The van der Waals surface area contributed by atoms with E-state index in [1.54, 1.807) is 0 Å². The first kappa shape index (κ1) is 17.8. The second-order valence-corrected chi connectivity index (χ2v) is 6.28. The predicted molar refractivity (Wildman–Crippen MR) is 70.6 cm³/mol. The van der Waals surface area contributed by atoms with Gasteiger partial charge in [0.1, 0.15) is 5.54 Å². The van der Waals surface area contributed by atoms with E-state index in [2.05, 4.69) is 0 Å². The number of likely N-dealkylation sites (N-methyl/N-ethyl adjacent to an activating group) is 1. The van der Waals surface area contributed by atoms with Gasteiger partial charge in [0.25, 0.3) is 0 Å². The van der Waals surface area contributed by atoms with Crippen molar-refractivity contribution >= 4 is 11.9 Å². The summed E-state index contributed by atoms with van der Waals surface area (Å²) in [6.07, 6.45) is -3.23. The van der Waals surface area contributed by atoms with Gasteiger partial charge in [-0.25, -0.2) is 4.79 Å². The highest BCUT2D eigenvalue weighted by molar-refractivity contribution is 5.86. The topological polar surface area (TPSA) is 57.6 Å². The molecule has 0 heterocycles. The predicted octanol–water partition coefficient (Wildman–Crippen LogP) is 3.07. The van der Waals surface area contributed by atoms with Gasteiger partial charge in [-0.15, -0.1) is 0 Å². The van der Waals surface area contributed by atoms with Gasteiger partial charge in [0.15, 0.2) is 0 Å². The molecule has 0 aliphatic heterocycles. The first-order chi connectivity index (χ1) is 9.46. The van der Waals surface area contributed by atoms with Gasteiger partial charge in [-0.05, 0) is 45.4 Å². The van der Waals surface area contributed by atoms with E-state index in [9.17, 15) is 22.8 Å². The highest BCUT2D eigenvalue weighted by atomic mass is 19.4. The van der Waals surface area contributed by atoms with Crippen molar-refractivity contribution in [2.75, 3.05) is 7.05 Å². The molecule has 21 heavy (non-hydrogen) atoms. The number of carboxylic acid groups (broad SMARTS) is 1. The van der Waals surface area contributed by atoms with Crippen LogP contribution in [-0.2, 0) is 9.59 Å². The van der Waals surface area contributed by atoms with Crippen molar-refractivity contribution in [3.8, 4) is 0 Å². The van der Waals surface area contributed by atoms with E-state index < -0.39 is 23.6 Å². The largest absolute Gasteiger partial charge is 0.480 e. The molecule has 1 fully saturated rings. The van der Waals surface area contributed by atoms with Gasteiger partial charge in [-0.3, -0.25) is 4.79 Å². The summed E-state index contributed by atoms with van der Waals surface area (Å²) < 4.78 is 37.7. The minimum atomic E-state index is -4.16. The molecule has 0 bridgehead atoms. The highest BCUT2D eigenvalue weighted by Crippen LogP contribution is 2.40. The molecule has 122 valence electrons. The second kappa shape index (κ2) is 6.23. The Morgan fingerprint density at radius 2 is 1.62 bits per heavy atom. The Hall–Kier alpha value is -1.27. The molecule has 1 aliphatic carbocycles. The van der Waals surface area contributed by atoms with Crippen molar-refractivity contribution < 1.29 is 27.9 Å². The Morgan fingerprint density at radius 3 is 2.00 bits per heavy atom. The third-order valence-electron chi connectivity index (χ3n) is 4.51. The third kappa shape index (κ3) is 4.35. The van der Waals surface area contributed by atoms with Crippen molar-refractivity contribution in [3.63, 3.8) is 0 Å². The molecule has 0 aromatic heterocycles. The van der Waals surface area contributed by atoms with Crippen LogP contribution in [0, 0.1) is 11.8 Å². The molecule has 1 rings (SSSR count). The van der Waals surface area contributed by atoms with Crippen LogP contribution in [0.3, 0.4) is 0 Å². The maximum Gasteiger partial charge on any atom is 0.391 e. The molecule has 0 aromatic rings. The number of hydrogen-bond acceptors (Lipinski definition) is 2. The summed E-state index contributed by atoms with van der Waals surface area (Å²) in [7, 11) is 1.41. The molecular weight excluding hydrogens is 287 g/mol. The van der Waals surface area contributed by atoms with E-state index in [-0.39, 0.29) is 31.1 Å². The second-order valence-electron chi connectivity index (χ2n) is 6.28. The summed E-state index contributed by atoms with van der Waals surface area (Å²) in [6.45, 7) is 2.85. The summed E-state index contributed by atoms with van der Waals surface area (Å²) in [5, 5.41) is 9.07. The molecule has 7 heteroatoms. The monoisotopic (exact) mass is 309 g/mol. The molecule has 0 spiro atoms. The Labute approximate surface area is 122 Å². The molecule has 1 N–H and O–H groups in total. The number of hydrogen-bond donors (Lipinski definition) is 1. The average molecular weight is 309 g/mol. The van der Waals surface area contributed by atoms with E-state index in [4.69, 9.17) is 5.11 Å². The number of carboxylic acids is 1. The molecule has 0 unspecified atom stereocenters. The lowest BCUT2D eigenvalue weighted by Gasteiger charge is -2.34. The Kier molecular flexibility index (Phi) is 5.28. The number of carbonyl (C=O) groups excluding carboxylic acids is 1. The summed E-state index contributed by atoms with van der Waals surface area (Å²) in [5.74, 6) is -2.81. The number of halogens is 3. The minimum absolute atomic E-state index is 0.0491. The number of alkyl halides is 3. The lowest BCUT2D eigenvalue weighted by Crippen LogP contribution is -2.51. The normalized spacial score (nSPS) is 23.7. The fourth-order valence-electron chi connectivity index (χ4n) is 2.53. The van der Waals surface area contributed by atoms with E-state index in [0.29, 0.717) is 12.8 Å². The van der Waals surface area contributed by atoms with Gasteiger partial charge in [-0.1, -0.05) is 0 Å². The molecule has 0 radical (unpaired) electrons. The number of rotatable bonds is 4. The molecule has 0 atom stereocenters. The van der Waals surface area contributed by atoms with Crippen LogP contribution in [0.25, 0.3) is 0 Å². The smallest absolute Gasteiger partial charge is 0.391 e. The van der Waals surface area contributed by atoms with Gasteiger partial charge in [0.05, 0.1) is 5.92 Å². The summed E-state index contributed by atoms with van der Waals surface area (Å²) in [4.78, 5) is 24.3. The summed E-state index contributed by atoms with van der Waals surface area (Å²) in [5.41, 5.74) is -1.32. The highest BCUT2D eigenvalue weighted by Gasteiger charge is 2.42. The third-order valence-corrected chi connectivity index (χ3v) is 4.51. The fraction of sp³-hybridized carbons (Fsp3) is 0.857. The van der Waals surface area contributed by atoms with Crippen molar-refractivity contribution in [3.05, 3.63) is 0 Å². The molecule has 4 nitrogen and oxygen atoms in total. The molecule has 1 amide bonds. The number of aliphatic carboxylic acids is 1. The number of nitrogens with zero attached hydrogens (tertiary/aromatic N) is 1. The lowest BCUT2D eigenvalue weighted by atomic mass is 9.80. The first-order valence-electron chi connectivity index (χ1n) is 7.03. The molecule has 0 aromatic carbocycles. The van der Waals surface area contributed by atoms with Crippen LogP contribution < -0.4 is 0 Å². The Balaban J connectivity index is 2.53. The average Bonchev–Trinajstić information content (AvgIpc) is 2.37. The minimum Gasteiger partial charge on any atom is -0.480 e. The van der Waals surface area contributed by atoms with Crippen molar-refractivity contribution in [1.82, 2.24) is 4.90 Å². The van der Waals surface area contributed by atoms with Crippen molar-refractivity contribution in [2.24, 2.45) is 11.8 Å². The quantitative estimate of drug-likeness (QED) is 0.868. The van der Waals surface area contributed by atoms with E-state index >= 15 is 0 Å². The van der Waals surface area contributed by atoms with Gasteiger partial charge in [0, 0.05) is 13.5 Å². The maximum absolute atomic E-state index is 12.6. The van der Waals surface area contributed by atoms with Crippen LogP contribution in [0.4, 0.5) is 13.2 Å². The van der Waals surface area contributed by atoms with Crippen LogP contribution >= 0.6 is 0 Å². The van der Waals surface area contributed by atoms with Crippen LogP contribution in [0.1, 0.15) is 46.0 Å². The number of amides is 1. The lowest BCUT2D eigenvalue weighted by molar-refractivity contribution is -0.184. The zero-order chi connectivity index (χ0) is 16.4. The fourth-order valence-corrected chi connectivity index (χ4v) is 2.53. The SMILES string of the molecule is CN(C(=O)CC1CCC(C(F)(F)F)CC1)C(C)(C)C(=O)O. The zero-order valence-corrected chi connectivity index (χ0v) is 12.5. The molecule has 1 aliphatic rings. The Morgan fingerprint density at radius 1 is 1.14 bits per heavy atom. The first-order valence-corrected chi connectivity index (χ1v) is 7.03. The van der Waals surface area contributed by atoms with Gasteiger partial charge in [-0.2, -0.15) is 13.2 Å². The van der Waals surface area contributed by atoms with E-state index in [1.807, 2.05) is 0 Å². The molecule has 0 saturated heterocycles. The van der Waals surface area contributed by atoms with Crippen LogP contribution in [0.2, 0.25) is 0 Å². The Bertz CT molecular complexity index is 399. The van der Waals surface area contributed by atoms with E-state index in [0.717, 1.165) is 4.90 Å². The van der Waals surface area contributed by atoms with Crippen LogP contribution in [-0.4, -0.2) is 40.6 Å². The van der Waals surface area contributed by atoms with Crippen molar-refractivity contribution in [2.45, 2.75) is 57.7 Å². The van der Waals surface area contributed by atoms with Gasteiger partial charge < -0.3 is 10.0 Å². The standard InChI is InChI=1S/C14H22F3NO3/c1-13(2,12(20)21)18(3)11(19)8-9-4-6-10(7-5-9)14(15,16)17/h9-10H,4-8H2,1-3H3,(H,20,21). The summed E-state index contributed by atoms with van der Waals surface area (Å²) in [6, 6.07) is 0. The van der Waals surface area contributed by atoms with Crippen molar-refractivity contribution in [1.29, 1.82) is 0 Å². The van der Waals surface area contributed by atoms with Gasteiger partial charge in [0.2, 0.25) is 5.91 Å². The maximum atomic E-state index is 12.6. The van der Waals surface area contributed by atoms with Gasteiger partial charge >= 0.3 is 12.1 Å². The van der Waals surface area contributed by atoms with Crippen LogP contribution in [0.5, 0.6) is 0 Å². The number of carbonyl (C=O) groups is 2. The van der Waals surface area contributed by atoms with E-state index in [1.165, 1.54) is 20.9 Å². The zero-order valence-electron chi connectivity index (χ0n) is 12.5.